The van der Waals surface area contributed by atoms with E-state index in [1.54, 1.807) is 6.07 Å². The van der Waals surface area contributed by atoms with Crippen molar-refractivity contribution in [2.45, 2.75) is 44.6 Å². The van der Waals surface area contributed by atoms with Gasteiger partial charge in [-0.15, -0.1) is 0 Å². The van der Waals surface area contributed by atoms with Gasteiger partial charge in [-0.3, -0.25) is 14.9 Å². The molecule has 0 aliphatic carbocycles. The summed E-state index contributed by atoms with van der Waals surface area (Å²) in [5.74, 6) is -0.941. The van der Waals surface area contributed by atoms with Crippen LogP contribution < -0.4 is 0 Å². The van der Waals surface area contributed by atoms with Crippen molar-refractivity contribution in [1.29, 1.82) is 0 Å². The smallest absolute Gasteiger partial charge is 0.342 e. The average molecular weight is 393 g/mol. The topological polar surface area (TPSA) is 86.5 Å². The van der Waals surface area contributed by atoms with Crippen molar-refractivity contribution in [3.05, 3.63) is 81.4 Å². The number of aryl methyl sites for hydroxylation is 1. The van der Waals surface area contributed by atoms with E-state index in [-0.39, 0.29) is 23.5 Å². The third-order valence-corrected chi connectivity index (χ3v) is 5.12. The van der Waals surface area contributed by atoms with Gasteiger partial charge in [-0.25, -0.2) is 4.79 Å². The van der Waals surface area contributed by atoms with Crippen molar-refractivity contribution in [3.8, 4) is 0 Å². The molecule has 2 aromatic carbocycles. The number of Topliss-reactive ketones (excluding diaryl/α,β-unsaturated/α-hetero) is 1. The van der Waals surface area contributed by atoms with Gasteiger partial charge >= 0.3 is 5.97 Å². The first-order valence-electron chi connectivity index (χ1n) is 9.69. The van der Waals surface area contributed by atoms with Crippen molar-refractivity contribution in [2.75, 3.05) is 0 Å². The molecule has 29 heavy (non-hydrogen) atoms. The summed E-state index contributed by atoms with van der Waals surface area (Å²) in [6.45, 7) is 2.00. The predicted molar refractivity (Wildman–Crippen MR) is 109 cm³/mol. The molecule has 0 N–H and O–H groups in total. The second kappa shape index (κ2) is 8.82. The molecule has 0 radical (unpaired) electrons. The highest BCUT2D eigenvalue weighted by molar-refractivity contribution is 6.22. The van der Waals surface area contributed by atoms with Crippen LogP contribution in [0.1, 0.15) is 43.7 Å². The Labute approximate surface area is 169 Å². The average Bonchev–Trinajstić information content (AvgIpc) is 2.71. The minimum absolute atomic E-state index is 0.0584. The van der Waals surface area contributed by atoms with E-state index in [2.05, 4.69) is 0 Å². The zero-order valence-electron chi connectivity index (χ0n) is 16.3. The zero-order valence-corrected chi connectivity index (χ0v) is 16.3. The van der Waals surface area contributed by atoms with Crippen LogP contribution in [-0.4, -0.2) is 22.3 Å². The van der Waals surface area contributed by atoms with Crippen LogP contribution in [0.3, 0.4) is 0 Å². The van der Waals surface area contributed by atoms with Crippen LogP contribution >= 0.6 is 0 Å². The SMILES string of the molecule is CCCC1(CCc2ccccc2)CC(=O)/C(=C\c2cccc([N+](=O)[O-])c2)C(=O)O1. The zero-order chi connectivity index (χ0) is 20.9. The molecule has 0 aromatic heterocycles. The van der Waals surface area contributed by atoms with Gasteiger partial charge in [0.25, 0.3) is 5.69 Å². The van der Waals surface area contributed by atoms with E-state index < -0.39 is 16.5 Å². The third kappa shape index (κ3) is 4.96. The van der Waals surface area contributed by atoms with Gasteiger partial charge in [0.1, 0.15) is 11.2 Å². The molecule has 3 rings (SSSR count). The predicted octanol–water partition coefficient (Wildman–Crippen LogP) is 4.67. The Morgan fingerprint density at radius 2 is 1.86 bits per heavy atom. The molecule has 1 fully saturated rings. The van der Waals surface area contributed by atoms with Gasteiger partial charge in [0.05, 0.1) is 11.3 Å². The molecule has 1 unspecified atom stereocenters. The quantitative estimate of drug-likeness (QED) is 0.224. The molecule has 1 aliphatic rings. The summed E-state index contributed by atoms with van der Waals surface area (Å²) in [4.78, 5) is 35.9. The first-order chi connectivity index (χ1) is 13.9. The maximum absolute atomic E-state index is 12.8. The number of carbonyl (C=O) groups excluding carboxylic acids is 2. The van der Waals surface area contributed by atoms with E-state index in [0.717, 1.165) is 12.0 Å². The van der Waals surface area contributed by atoms with Gasteiger partial charge in [0, 0.05) is 12.1 Å². The monoisotopic (exact) mass is 393 g/mol. The second-order valence-corrected chi connectivity index (χ2v) is 7.32. The molecule has 1 aliphatic heterocycles. The van der Waals surface area contributed by atoms with Crippen molar-refractivity contribution < 1.29 is 19.2 Å². The number of esters is 1. The molecule has 150 valence electrons. The Balaban J connectivity index is 1.81. The maximum atomic E-state index is 12.8. The van der Waals surface area contributed by atoms with E-state index in [1.165, 1.54) is 24.3 Å². The Bertz CT molecular complexity index is 929. The Kier molecular flexibility index (Phi) is 6.22. The maximum Gasteiger partial charge on any atom is 0.342 e. The Morgan fingerprint density at radius 3 is 2.52 bits per heavy atom. The number of ketones is 1. The van der Waals surface area contributed by atoms with Gasteiger partial charge in [-0.1, -0.05) is 55.8 Å². The lowest BCUT2D eigenvalue weighted by Crippen LogP contribution is -2.44. The second-order valence-electron chi connectivity index (χ2n) is 7.32. The fourth-order valence-corrected chi connectivity index (χ4v) is 3.70. The number of nitro benzene ring substituents is 1. The minimum atomic E-state index is -0.807. The third-order valence-electron chi connectivity index (χ3n) is 5.12. The highest BCUT2D eigenvalue weighted by Gasteiger charge is 2.43. The highest BCUT2D eigenvalue weighted by atomic mass is 16.6. The standard InChI is InChI=1S/C23H23NO5/c1-2-12-23(13-11-17-7-4-3-5-8-17)16-21(25)20(22(26)29-23)15-18-9-6-10-19(14-18)24(27)28/h3-10,14-15H,2,11-13,16H2,1H3/b20-15+. The van der Waals surface area contributed by atoms with Crippen molar-refractivity contribution in [1.82, 2.24) is 0 Å². The number of cyclic esters (lactones) is 1. The minimum Gasteiger partial charge on any atom is -0.455 e. The normalized spacial score (nSPS) is 20.5. The van der Waals surface area contributed by atoms with Crippen LogP contribution in [0.25, 0.3) is 6.08 Å². The van der Waals surface area contributed by atoms with E-state index in [4.69, 9.17) is 4.74 Å². The molecule has 1 saturated heterocycles. The largest absolute Gasteiger partial charge is 0.455 e. The fraction of sp³-hybridized carbons (Fsp3) is 0.304. The van der Waals surface area contributed by atoms with Gasteiger partial charge in [-0.2, -0.15) is 0 Å². The van der Waals surface area contributed by atoms with Crippen LogP contribution in [0.5, 0.6) is 0 Å². The molecule has 0 spiro atoms. The summed E-state index contributed by atoms with van der Waals surface area (Å²) < 4.78 is 5.81. The lowest BCUT2D eigenvalue weighted by Gasteiger charge is -2.37. The Hall–Kier alpha value is -3.28. The van der Waals surface area contributed by atoms with E-state index in [0.29, 0.717) is 24.8 Å². The summed E-state index contributed by atoms with van der Waals surface area (Å²) in [5.41, 5.74) is 0.589. The number of carbonyl (C=O) groups is 2. The van der Waals surface area contributed by atoms with Gasteiger partial charge in [-0.05, 0) is 36.5 Å². The first kappa shape index (κ1) is 20.5. The van der Waals surface area contributed by atoms with Crippen LogP contribution in [0.4, 0.5) is 5.69 Å². The number of hydrogen-bond acceptors (Lipinski definition) is 5. The molecule has 0 saturated carbocycles. The number of nitrogens with zero attached hydrogens (tertiary/aromatic N) is 1. The van der Waals surface area contributed by atoms with Crippen molar-refractivity contribution in [2.24, 2.45) is 0 Å². The summed E-state index contributed by atoms with van der Waals surface area (Å²) in [6, 6.07) is 15.7. The van der Waals surface area contributed by atoms with Gasteiger partial charge in [0.15, 0.2) is 5.78 Å². The van der Waals surface area contributed by atoms with Gasteiger partial charge in [0.2, 0.25) is 0 Å². The highest BCUT2D eigenvalue weighted by Crippen LogP contribution is 2.35. The van der Waals surface area contributed by atoms with Gasteiger partial charge < -0.3 is 4.74 Å². The molecule has 6 heteroatoms. The molecular weight excluding hydrogens is 370 g/mol. The summed E-state index contributed by atoms with van der Waals surface area (Å²) >= 11 is 0. The number of rotatable bonds is 7. The van der Waals surface area contributed by atoms with E-state index in [1.807, 2.05) is 37.3 Å². The number of non-ortho nitro benzene ring substituents is 1. The van der Waals surface area contributed by atoms with Crippen LogP contribution in [0.2, 0.25) is 0 Å². The molecule has 1 heterocycles. The molecule has 2 aromatic rings. The Morgan fingerprint density at radius 1 is 1.10 bits per heavy atom. The molecular formula is C23H23NO5. The van der Waals surface area contributed by atoms with Crippen LogP contribution in [0, 0.1) is 10.1 Å². The lowest BCUT2D eigenvalue weighted by molar-refractivity contribution is -0.384. The van der Waals surface area contributed by atoms with Crippen LogP contribution in [0.15, 0.2) is 60.2 Å². The number of nitro groups is 1. The number of ether oxygens (including phenoxy) is 1. The van der Waals surface area contributed by atoms with Crippen molar-refractivity contribution in [3.63, 3.8) is 0 Å². The summed E-state index contributed by atoms with van der Waals surface area (Å²) in [6.07, 6.45) is 4.20. The van der Waals surface area contributed by atoms with E-state index in [9.17, 15) is 19.7 Å². The fourth-order valence-electron chi connectivity index (χ4n) is 3.70. The molecule has 1 atom stereocenters. The summed E-state index contributed by atoms with van der Waals surface area (Å²) in [5, 5.41) is 10.9. The number of benzene rings is 2. The van der Waals surface area contributed by atoms with E-state index >= 15 is 0 Å². The number of hydrogen-bond donors (Lipinski definition) is 0. The lowest BCUT2D eigenvalue weighted by atomic mass is 9.82. The molecule has 6 nitrogen and oxygen atoms in total. The molecule has 0 bridgehead atoms. The summed E-state index contributed by atoms with van der Waals surface area (Å²) in [7, 11) is 0. The first-order valence-corrected chi connectivity index (χ1v) is 9.69. The van der Waals surface area contributed by atoms with Crippen LogP contribution in [-0.2, 0) is 20.7 Å². The molecule has 0 amide bonds. The van der Waals surface area contributed by atoms with Crippen molar-refractivity contribution >= 4 is 23.5 Å².